The first-order valence-electron chi connectivity index (χ1n) is 4.27. The van der Waals surface area contributed by atoms with E-state index < -0.39 is 0 Å². The average molecular weight is 189 g/mol. The number of hydrogen-bond donors (Lipinski definition) is 0. The van der Waals surface area contributed by atoms with Crippen molar-refractivity contribution in [1.82, 2.24) is 14.5 Å². The Bertz CT molecular complexity index is 487. The lowest BCUT2D eigenvalue weighted by Crippen LogP contribution is -1.91. The number of ether oxygens (including phenoxy) is 1. The first-order valence-corrected chi connectivity index (χ1v) is 4.27. The van der Waals surface area contributed by atoms with E-state index in [9.17, 15) is 0 Å². The van der Waals surface area contributed by atoms with Crippen LogP contribution < -0.4 is 4.74 Å². The topological polar surface area (TPSA) is 39.9 Å². The van der Waals surface area contributed by atoms with Crippen LogP contribution in [0, 0.1) is 0 Å². The third-order valence-electron chi connectivity index (χ3n) is 1.82. The van der Waals surface area contributed by atoms with Crippen LogP contribution in [0.25, 0.3) is 11.2 Å². The van der Waals surface area contributed by atoms with Gasteiger partial charge in [-0.25, -0.2) is 9.97 Å². The predicted octanol–water partition coefficient (Wildman–Crippen LogP) is 1.88. The van der Waals surface area contributed by atoms with Crippen LogP contribution in [0.15, 0.2) is 30.9 Å². The van der Waals surface area contributed by atoms with Gasteiger partial charge in [0, 0.05) is 13.1 Å². The van der Waals surface area contributed by atoms with E-state index in [1.165, 1.54) is 0 Å². The fraction of sp³-hybridized carbons (Fsp3) is 0.200. The molecule has 0 unspecified atom stereocenters. The SMILES string of the molecule is C=C(C)Oc1cnc2c(c1)ncn2C. The van der Waals surface area contributed by atoms with Crippen molar-refractivity contribution in [3.05, 3.63) is 30.9 Å². The Hall–Kier alpha value is -1.84. The van der Waals surface area contributed by atoms with Gasteiger partial charge in [-0.15, -0.1) is 0 Å². The first-order chi connectivity index (χ1) is 6.66. The highest BCUT2D eigenvalue weighted by atomic mass is 16.5. The number of aromatic nitrogens is 3. The Morgan fingerprint density at radius 3 is 3.00 bits per heavy atom. The number of allylic oxidation sites excluding steroid dienone is 1. The summed E-state index contributed by atoms with van der Waals surface area (Å²) in [6.07, 6.45) is 3.39. The second kappa shape index (κ2) is 3.14. The molecule has 4 heteroatoms. The number of fused-ring (bicyclic) bond motifs is 1. The van der Waals surface area contributed by atoms with Gasteiger partial charge in [-0.1, -0.05) is 6.58 Å². The third kappa shape index (κ3) is 1.46. The van der Waals surface area contributed by atoms with Crippen molar-refractivity contribution in [2.45, 2.75) is 6.92 Å². The van der Waals surface area contributed by atoms with Crippen LogP contribution in [-0.2, 0) is 7.05 Å². The quantitative estimate of drug-likeness (QED) is 0.677. The van der Waals surface area contributed by atoms with Crippen molar-refractivity contribution in [3.8, 4) is 5.75 Å². The van der Waals surface area contributed by atoms with E-state index >= 15 is 0 Å². The van der Waals surface area contributed by atoms with Crippen LogP contribution in [0.2, 0.25) is 0 Å². The second-order valence-electron chi connectivity index (χ2n) is 3.17. The van der Waals surface area contributed by atoms with E-state index in [1.54, 1.807) is 19.4 Å². The fourth-order valence-electron chi connectivity index (χ4n) is 1.25. The van der Waals surface area contributed by atoms with Crippen molar-refractivity contribution in [3.63, 3.8) is 0 Å². The molecule has 0 bridgehead atoms. The van der Waals surface area contributed by atoms with Crippen molar-refractivity contribution >= 4 is 11.2 Å². The van der Waals surface area contributed by atoms with Gasteiger partial charge in [0.25, 0.3) is 0 Å². The minimum atomic E-state index is 0.641. The van der Waals surface area contributed by atoms with Crippen molar-refractivity contribution < 1.29 is 4.74 Å². The summed E-state index contributed by atoms with van der Waals surface area (Å²) in [4.78, 5) is 8.41. The third-order valence-corrected chi connectivity index (χ3v) is 1.82. The summed E-state index contributed by atoms with van der Waals surface area (Å²) in [6.45, 7) is 5.45. The van der Waals surface area contributed by atoms with Crippen LogP contribution >= 0.6 is 0 Å². The van der Waals surface area contributed by atoms with E-state index in [-0.39, 0.29) is 0 Å². The first kappa shape index (κ1) is 8.74. The van der Waals surface area contributed by atoms with Crippen molar-refractivity contribution in [2.24, 2.45) is 7.05 Å². The van der Waals surface area contributed by atoms with E-state index in [0.717, 1.165) is 11.2 Å². The standard InChI is InChI=1S/C10H11N3O/c1-7(2)14-8-4-9-10(11-5-8)13(3)6-12-9/h4-6H,1H2,2-3H3. The summed E-state index contributed by atoms with van der Waals surface area (Å²) in [5.41, 5.74) is 1.67. The smallest absolute Gasteiger partial charge is 0.159 e. The van der Waals surface area contributed by atoms with E-state index in [0.29, 0.717) is 11.5 Å². The molecule has 0 aliphatic carbocycles. The van der Waals surface area contributed by atoms with Crippen LogP contribution in [0.1, 0.15) is 6.92 Å². The summed E-state index contributed by atoms with van der Waals surface area (Å²) in [7, 11) is 1.90. The zero-order chi connectivity index (χ0) is 10.1. The van der Waals surface area contributed by atoms with Gasteiger partial charge in [0.2, 0.25) is 0 Å². The lowest BCUT2D eigenvalue weighted by Gasteiger charge is -2.02. The summed E-state index contributed by atoms with van der Waals surface area (Å²) in [5, 5.41) is 0. The molecule has 72 valence electrons. The van der Waals surface area contributed by atoms with Gasteiger partial charge >= 0.3 is 0 Å². The second-order valence-corrected chi connectivity index (χ2v) is 3.17. The molecule has 0 saturated carbocycles. The van der Waals surface area contributed by atoms with Gasteiger partial charge in [0.1, 0.15) is 11.3 Å². The molecule has 2 heterocycles. The van der Waals surface area contributed by atoms with Crippen LogP contribution in [0.3, 0.4) is 0 Å². The predicted molar refractivity (Wildman–Crippen MR) is 54.0 cm³/mol. The monoisotopic (exact) mass is 189 g/mol. The van der Waals surface area contributed by atoms with Gasteiger partial charge < -0.3 is 9.30 Å². The van der Waals surface area contributed by atoms with Gasteiger partial charge in [-0.05, 0) is 6.92 Å². The van der Waals surface area contributed by atoms with Gasteiger partial charge in [0.15, 0.2) is 5.65 Å². The normalized spacial score (nSPS) is 10.4. The highest BCUT2D eigenvalue weighted by Crippen LogP contribution is 2.17. The zero-order valence-corrected chi connectivity index (χ0v) is 8.19. The van der Waals surface area contributed by atoms with Crippen LogP contribution in [0.5, 0.6) is 5.75 Å². The van der Waals surface area contributed by atoms with Gasteiger partial charge in [-0.3, -0.25) is 0 Å². The van der Waals surface area contributed by atoms with Gasteiger partial charge in [0.05, 0.1) is 18.3 Å². The number of pyridine rings is 1. The molecule has 0 aliphatic heterocycles. The number of aryl methyl sites for hydroxylation is 1. The van der Waals surface area contributed by atoms with E-state index in [1.807, 2.05) is 17.7 Å². The number of nitrogens with zero attached hydrogens (tertiary/aromatic N) is 3. The molecule has 0 saturated heterocycles. The Kier molecular flexibility index (Phi) is 1.96. The molecular formula is C10H11N3O. The number of hydrogen-bond acceptors (Lipinski definition) is 3. The Balaban J connectivity index is 2.46. The molecule has 0 aromatic carbocycles. The molecule has 0 amide bonds. The molecule has 2 rings (SSSR count). The maximum absolute atomic E-state index is 5.33. The van der Waals surface area contributed by atoms with Crippen LogP contribution in [0.4, 0.5) is 0 Å². The van der Waals surface area contributed by atoms with E-state index in [4.69, 9.17) is 4.74 Å². The van der Waals surface area contributed by atoms with E-state index in [2.05, 4.69) is 16.5 Å². The molecule has 4 nitrogen and oxygen atoms in total. The van der Waals surface area contributed by atoms with Crippen molar-refractivity contribution in [1.29, 1.82) is 0 Å². The minimum absolute atomic E-state index is 0.641. The average Bonchev–Trinajstić information content (AvgIpc) is 2.46. The maximum Gasteiger partial charge on any atom is 0.159 e. The highest BCUT2D eigenvalue weighted by molar-refractivity contribution is 5.71. The molecule has 0 aliphatic rings. The number of rotatable bonds is 2. The Morgan fingerprint density at radius 1 is 1.50 bits per heavy atom. The van der Waals surface area contributed by atoms with Crippen LogP contribution in [-0.4, -0.2) is 14.5 Å². The Labute approximate surface area is 81.9 Å². The molecule has 14 heavy (non-hydrogen) atoms. The lowest BCUT2D eigenvalue weighted by atomic mass is 10.4. The molecular weight excluding hydrogens is 178 g/mol. The maximum atomic E-state index is 5.33. The number of imidazole rings is 1. The minimum Gasteiger partial charge on any atom is -0.461 e. The summed E-state index contributed by atoms with van der Waals surface area (Å²) < 4.78 is 7.19. The summed E-state index contributed by atoms with van der Waals surface area (Å²) >= 11 is 0. The van der Waals surface area contributed by atoms with Gasteiger partial charge in [-0.2, -0.15) is 0 Å². The molecule has 0 spiro atoms. The molecule has 0 N–H and O–H groups in total. The highest BCUT2D eigenvalue weighted by Gasteiger charge is 2.02. The fourth-order valence-corrected chi connectivity index (χ4v) is 1.25. The van der Waals surface area contributed by atoms with Crippen molar-refractivity contribution in [2.75, 3.05) is 0 Å². The summed E-state index contributed by atoms with van der Waals surface area (Å²) in [6, 6.07) is 1.84. The summed E-state index contributed by atoms with van der Waals surface area (Å²) in [5.74, 6) is 1.31. The Morgan fingerprint density at radius 2 is 2.29 bits per heavy atom. The largest absolute Gasteiger partial charge is 0.461 e. The molecule has 2 aromatic heterocycles. The molecule has 0 atom stereocenters. The zero-order valence-electron chi connectivity index (χ0n) is 8.19. The molecule has 0 radical (unpaired) electrons. The molecule has 2 aromatic rings. The lowest BCUT2D eigenvalue weighted by molar-refractivity contribution is 0.429. The molecule has 0 fully saturated rings.